The van der Waals surface area contributed by atoms with Crippen molar-refractivity contribution in [1.29, 1.82) is 0 Å². The Morgan fingerprint density at radius 1 is 0.949 bits per heavy atom. The fraction of sp³-hybridized carbons (Fsp3) is 0.688. The number of para-hydroxylation sites is 1. The van der Waals surface area contributed by atoms with Crippen molar-refractivity contribution in [3.8, 4) is 0 Å². The smallest absolute Gasteiger partial charge is 0.279 e. The monoisotopic (exact) mass is 652 g/mol. The van der Waals surface area contributed by atoms with Crippen molar-refractivity contribution in [3.05, 3.63) is 36.0 Å². The number of rotatable bonds is 18. The summed E-state index contributed by atoms with van der Waals surface area (Å²) in [6, 6.07) is 7.47. The lowest BCUT2D eigenvalue weighted by Gasteiger charge is -2.31. The summed E-state index contributed by atoms with van der Waals surface area (Å²) < 4.78 is 0.687. The van der Waals surface area contributed by atoms with Crippen LogP contribution in [0.4, 0.5) is 0 Å². The third-order valence-electron chi connectivity index (χ3n) is 8.42. The zero-order chi connectivity index (χ0) is 27.2. The average molecular weight is 653 g/mol. The number of likely N-dealkylation sites (tertiary alicyclic amines) is 1. The molecule has 6 nitrogen and oxygen atoms in total. The molecule has 0 aliphatic carbocycles. The summed E-state index contributed by atoms with van der Waals surface area (Å²) in [7, 11) is 4.22. The molecular weight excluding hydrogens is 599 g/mol. The number of fused-ring (bicyclic) bond motifs is 1. The molecule has 2 aromatic rings. The topological polar surface area (TPSA) is 74.0 Å². The van der Waals surface area contributed by atoms with Crippen LogP contribution < -0.4 is 34.6 Å². The first-order valence-electron chi connectivity index (χ1n) is 15.4. The van der Waals surface area contributed by atoms with Crippen LogP contribution in [0.25, 0.3) is 10.9 Å². The van der Waals surface area contributed by atoms with Gasteiger partial charge in [0.15, 0.2) is 6.04 Å². The number of quaternary nitrogens is 1. The number of halogens is 1. The van der Waals surface area contributed by atoms with E-state index in [2.05, 4.69) is 42.7 Å². The van der Waals surface area contributed by atoms with Crippen LogP contribution in [0.1, 0.15) is 102 Å². The molecule has 1 fully saturated rings. The molecule has 0 unspecified atom stereocenters. The van der Waals surface area contributed by atoms with Crippen LogP contribution in [0.2, 0.25) is 0 Å². The van der Waals surface area contributed by atoms with Crippen molar-refractivity contribution in [2.24, 2.45) is 0 Å². The Labute approximate surface area is 254 Å². The Hall–Kier alpha value is -1.61. The van der Waals surface area contributed by atoms with Gasteiger partial charge >= 0.3 is 0 Å². The third-order valence-corrected chi connectivity index (χ3v) is 8.42. The van der Waals surface area contributed by atoms with Gasteiger partial charge in [-0.3, -0.25) is 9.59 Å². The Bertz CT molecular complexity index is 989. The van der Waals surface area contributed by atoms with Crippen LogP contribution in [0.5, 0.6) is 0 Å². The lowest BCUT2D eigenvalue weighted by atomic mass is 10.0. The number of nitrogens with one attached hydrogen (secondary N) is 3. The number of amides is 2. The van der Waals surface area contributed by atoms with E-state index < -0.39 is 6.04 Å². The number of unbranched alkanes of at least 4 members (excludes halogenated alkanes) is 11. The fourth-order valence-corrected chi connectivity index (χ4v) is 5.94. The van der Waals surface area contributed by atoms with Crippen molar-refractivity contribution < 1.29 is 38.0 Å². The van der Waals surface area contributed by atoms with E-state index in [1.807, 2.05) is 24.4 Å². The number of nitrogens with zero attached hydrogens (tertiary/aromatic N) is 1. The van der Waals surface area contributed by atoms with Gasteiger partial charge in [-0.25, -0.2) is 0 Å². The highest BCUT2D eigenvalue weighted by Crippen LogP contribution is 2.23. The van der Waals surface area contributed by atoms with Gasteiger partial charge in [0.2, 0.25) is 5.91 Å². The summed E-state index contributed by atoms with van der Waals surface area (Å²) >= 11 is 0. The first kappa shape index (κ1) is 33.6. The van der Waals surface area contributed by atoms with Crippen LogP contribution in [-0.2, 0) is 16.0 Å². The van der Waals surface area contributed by atoms with Crippen LogP contribution in [0, 0.1) is 0 Å². The van der Waals surface area contributed by atoms with Gasteiger partial charge in [-0.1, -0.05) is 95.8 Å². The summed E-state index contributed by atoms with van der Waals surface area (Å²) in [5.74, 6) is -0.0761. The highest BCUT2D eigenvalue weighted by atomic mass is 127. The number of aromatic amines is 1. The Kier molecular flexibility index (Phi) is 15.5. The minimum absolute atomic E-state index is 0. The van der Waals surface area contributed by atoms with Crippen molar-refractivity contribution in [3.63, 3.8) is 0 Å². The Morgan fingerprint density at radius 2 is 1.56 bits per heavy atom. The number of aromatic nitrogens is 1. The first-order valence-corrected chi connectivity index (χ1v) is 15.4. The second-order valence-corrected chi connectivity index (χ2v) is 12.0. The highest BCUT2D eigenvalue weighted by Gasteiger charge is 2.40. The quantitative estimate of drug-likeness (QED) is 0.132. The second-order valence-electron chi connectivity index (χ2n) is 12.0. The number of benzene rings is 1. The number of carbonyl (C=O) groups excluding carboxylic acids is 2. The molecule has 1 aromatic carbocycles. The maximum absolute atomic E-state index is 13.3. The van der Waals surface area contributed by atoms with Crippen LogP contribution in [-0.4, -0.2) is 60.5 Å². The summed E-state index contributed by atoms with van der Waals surface area (Å²) in [6.07, 6.45) is 20.0. The minimum atomic E-state index is -0.570. The van der Waals surface area contributed by atoms with E-state index in [1.54, 1.807) is 0 Å². The molecule has 1 aliphatic heterocycles. The molecule has 220 valence electrons. The first-order chi connectivity index (χ1) is 18.4. The van der Waals surface area contributed by atoms with Crippen LogP contribution in [0.15, 0.2) is 30.5 Å². The molecule has 2 amide bonds. The Balaban J connectivity index is 0.00000533. The molecule has 0 spiro atoms. The Morgan fingerprint density at radius 3 is 2.18 bits per heavy atom. The molecule has 7 heteroatoms. The molecular formula is C32H53IN4O2. The molecule has 0 bridgehead atoms. The van der Waals surface area contributed by atoms with E-state index in [0.29, 0.717) is 17.4 Å². The molecule has 39 heavy (non-hydrogen) atoms. The molecule has 3 rings (SSSR count). The highest BCUT2D eigenvalue weighted by molar-refractivity contribution is 5.91. The molecule has 2 atom stereocenters. The largest absolute Gasteiger partial charge is 1.00 e. The second kappa shape index (κ2) is 17.9. The van der Waals surface area contributed by atoms with Gasteiger partial charge in [-0.05, 0) is 18.1 Å². The van der Waals surface area contributed by atoms with Crippen LogP contribution >= 0.6 is 0 Å². The number of hydrogen-bond acceptors (Lipinski definition) is 2. The fourth-order valence-electron chi connectivity index (χ4n) is 5.94. The zero-order valence-electron chi connectivity index (χ0n) is 24.7. The van der Waals surface area contributed by atoms with Gasteiger partial charge in [0.1, 0.15) is 6.04 Å². The molecule has 1 aromatic heterocycles. The average Bonchev–Trinajstić information content (AvgIpc) is 3.48. The van der Waals surface area contributed by atoms with E-state index in [-0.39, 0.29) is 41.8 Å². The molecule has 1 aliphatic rings. The van der Waals surface area contributed by atoms with Gasteiger partial charge in [0.05, 0.1) is 20.6 Å². The summed E-state index contributed by atoms with van der Waals surface area (Å²) in [6.45, 7) is 3.93. The van der Waals surface area contributed by atoms with Crippen molar-refractivity contribution in [2.75, 3.05) is 27.2 Å². The zero-order valence-corrected chi connectivity index (χ0v) is 26.9. The summed E-state index contributed by atoms with van der Waals surface area (Å²) in [4.78, 5) is 29.8. The number of carbonyl (C=O) groups is 2. The predicted octanol–water partition coefficient (Wildman–Crippen LogP) is 3.26. The molecule has 0 saturated carbocycles. The van der Waals surface area contributed by atoms with Crippen molar-refractivity contribution in [2.45, 2.75) is 115 Å². The van der Waals surface area contributed by atoms with Gasteiger partial charge in [-0.2, -0.15) is 0 Å². The normalized spacial score (nSPS) is 17.1. The molecule has 0 radical (unpaired) electrons. The molecule has 3 N–H and O–H groups in total. The third kappa shape index (κ3) is 11.1. The molecule has 2 heterocycles. The van der Waals surface area contributed by atoms with Crippen molar-refractivity contribution in [1.82, 2.24) is 15.6 Å². The van der Waals surface area contributed by atoms with E-state index in [4.69, 9.17) is 0 Å². The van der Waals surface area contributed by atoms with E-state index in [0.717, 1.165) is 48.7 Å². The summed E-state index contributed by atoms with van der Waals surface area (Å²) in [5, 5.41) is 7.37. The van der Waals surface area contributed by atoms with Crippen molar-refractivity contribution >= 4 is 22.7 Å². The maximum atomic E-state index is 13.3. The van der Waals surface area contributed by atoms with E-state index in [1.165, 1.54) is 64.2 Å². The van der Waals surface area contributed by atoms with E-state index >= 15 is 0 Å². The van der Waals surface area contributed by atoms with Gasteiger partial charge in [-0.15, -0.1) is 0 Å². The number of H-pyrrole nitrogens is 1. The number of hydrogen-bond donors (Lipinski definition) is 3. The van der Waals surface area contributed by atoms with E-state index in [9.17, 15) is 9.59 Å². The minimum Gasteiger partial charge on any atom is -1.00 e. The lowest BCUT2D eigenvalue weighted by molar-refractivity contribution is -0.893. The maximum Gasteiger partial charge on any atom is 0.279 e. The standard InChI is InChI=1S/C32H52N4O2.HI/c1-4-5-6-7-8-9-10-11-12-13-14-17-22-33-31(37)29(35-32(38)30-21-18-23-36(30,2)3)24-26-25-34-28-20-16-15-19-27(26)28;/h15-16,19-20,25,29-30,34H,4-14,17-18,21-24H2,1-3H3,(H-,33,35,37,38);1H/t29-,30-;/m0./s1. The van der Waals surface area contributed by atoms with Gasteiger partial charge in [0, 0.05) is 42.9 Å². The number of likely N-dealkylation sites (N-methyl/N-ethyl adjacent to an activating group) is 1. The SMILES string of the molecule is CCCCCCCCCCCCCCNC(=O)[C@H](Cc1c[nH]c2ccccc12)NC(=O)[C@@H]1CCC[N+]1(C)C.[I-]. The lowest BCUT2D eigenvalue weighted by Crippen LogP contribution is -3.00. The van der Waals surface area contributed by atoms with Crippen LogP contribution in [0.3, 0.4) is 0 Å². The summed E-state index contributed by atoms with van der Waals surface area (Å²) in [5.41, 5.74) is 2.12. The molecule has 1 saturated heterocycles. The predicted molar refractivity (Wildman–Crippen MR) is 158 cm³/mol. The van der Waals surface area contributed by atoms with Gasteiger partial charge < -0.3 is 44.1 Å². The van der Waals surface area contributed by atoms with Gasteiger partial charge in [0.25, 0.3) is 5.91 Å².